The van der Waals surface area contributed by atoms with Crippen LogP contribution in [0.5, 0.6) is 0 Å². The van der Waals surface area contributed by atoms with Crippen LogP contribution < -0.4 is 4.85 Å². The van der Waals surface area contributed by atoms with Gasteiger partial charge in [0.05, 0.1) is 25.2 Å². The van der Waals surface area contributed by atoms with Gasteiger partial charge in [0.1, 0.15) is 6.20 Å². The van der Waals surface area contributed by atoms with E-state index in [-0.39, 0.29) is 5.92 Å². The number of hydrogen-bond donors (Lipinski definition) is 0. The van der Waals surface area contributed by atoms with Crippen LogP contribution in [0.4, 0.5) is 0 Å². The van der Waals surface area contributed by atoms with Crippen LogP contribution in [0, 0.1) is 11.1 Å². The predicted molar refractivity (Wildman–Crippen MR) is 63.8 cm³/mol. The molecule has 0 aliphatic carbocycles. The lowest BCUT2D eigenvalue weighted by Gasteiger charge is -2.05. The van der Waals surface area contributed by atoms with Gasteiger partial charge in [0.2, 0.25) is 5.52 Å². The van der Waals surface area contributed by atoms with Crippen LogP contribution in [-0.2, 0) is 0 Å². The van der Waals surface area contributed by atoms with E-state index < -0.39 is 0 Å². The molecule has 2 aromatic rings. The van der Waals surface area contributed by atoms with Crippen LogP contribution in [0.1, 0.15) is 13.8 Å². The van der Waals surface area contributed by atoms with Crippen molar-refractivity contribution in [2.75, 3.05) is 14.1 Å². The molecule has 0 fully saturated rings. The molecule has 2 heterocycles. The number of pyridine rings is 1. The third kappa shape index (κ3) is 1.86. The number of aromatic nitrogens is 4. The molecule has 6 heteroatoms. The smallest absolute Gasteiger partial charge is 0.333 e. The first kappa shape index (κ1) is 11.5. The second-order valence-electron chi connectivity index (χ2n) is 4.43. The molecule has 6 nitrogen and oxygen atoms in total. The monoisotopic (exact) mass is 234 g/mol. The minimum Gasteiger partial charge on any atom is -0.721 e. The Bertz CT molecular complexity index is 581. The van der Waals surface area contributed by atoms with Crippen LogP contribution in [0.15, 0.2) is 18.3 Å². The Morgan fingerprint density at radius 2 is 2.18 bits per heavy atom. The van der Waals surface area contributed by atoms with Gasteiger partial charge in [-0.1, -0.05) is 18.5 Å². The lowest BCUT2D eigenvalue weighted by molar-refractivity contribution is -0.647. The summed E-state index contributed by atoms with van der Waals surface area (Å²) in [5.41, 5.74) is 1.06. The fourth-order valence-corrected chi connectivity index (χ4v) is 1.99. The number of fused-ring (bicyclic) bond motifs is 1. The van der Waals surface area contributed by atoms with Crippen LogP contribution >= 0.6 is 0 Å². The largest absolute Gasteiger partial charge is 0.721 e. The molecule has 90 valence electrons. The van der Waals surface area contributed by atoms with Gasteiger partial charge in [-0.2, -0.15) is 0 Å². The average molecular weight is 234 g/mol. The van der Waals surface area contributed by atoms with Crippen molar-refractivity contribution in [3.63, 3.8) is 0 Å². The van der Waals surface area contributed by atoms with Crippen molar-refractivity contribution in [3.8, 4) is 0 Å². The highest BCUT2D eigenvalue weighted by Gasteiger charge is 2.25. The third-order valence-corrected chi connectivity index (χ3v) is 2.54. The van der Waals surface area contributed by atoms with Crippen molar-refractivity contribution in [2.24, 2.45) is 5.92 Å². The first-order chi connectivity index (χ1) is 8.02. The minimum absolute atomic E-state index is 0.258. The van der Waals surface area contributed by atoms with E-state index in [9.17, 15) is 5.21 Å². The van der Waals surface area contributed by atoms with Crippen LogP contribution in [0.25, 0.3) is 11.2 Å². The molecule has 0 spiro atoms. The highest BCUT2D eigenvalue weighted by atomic mass is 16.5. The highest BCUT2D eigenvalue weighted by Crippen LogP contribution is 2.08. The Morgan fingerprint density at radius 3 is 2.76 bits per heavy atom. The molecular formula is C11H16N5O+. The summed E-state index contributed by atoms with van der Waals surface area (Å²) < 4.78 is 3.62. The molecule has 17 heavy (non-hydrogen) atoms. The van der Waals surface area contributed by atoms with Crippen molar-refractivity contribution >= 4 is 17.0 Å². The maximum absolute atomic E-state index is 11.6. The van der Waals surface area contributed by atoms with Gasteiger partial charge in [-0.3, -0.25) is 4.58 Å². The molecule has 0 atom stereocenters. The van der Waals surface area contributed by atoms with Gasteiger partial charge in [0.15, 0.2) is 0 Å². The zero-order chi connectivity index (χ0) is 12.6. The van der Waals surface area contributed by atoms with Gasteiger partial charge in [-0.05, 0) is 12.1 Å². The summed E-state index contributed by atoms with van der Waals surface area (Å²) in [6, 6.07) is 3.64. The van der Waals surface area contributed by atoms with E-state index in [0.717, 1.165) is 11.4 Å². The summed E-state index contributed by atoms with van der Waals surface area (Å²) in [5.74, 6) is 1.21. The first-order valence-corrected chi connectivity index (χ1v) is 5.50. The molecule has 0 unspecified atom stereocenters. The molecule has 0 saturated heterocycles. The standard InChI is InChI=1S/C11H16N5O/c1-8(2)11(14(3)4)15-9-6-5-7-12-10(9)16(17)13-15/h5-8H,1-4H3/q+1. The molecule has 2 rings (SSSR count). The quantitative estimate of drug-likeness (QED) is 0.307. The van der Waals surface area contributed by atoms with Crippen molar-refractivity contribution in [3.05, 3.63) is 23.5 Å². The van der Waals surface area contributed by atoms with Gasteiger partial charge < -0.3 is 5.21 Å². The van der Waals surface area contributed by atoms with E-state index >= 15 is 0 Å². The van der Waals surface area contributed by atoms with E-state index in [1.54, 1.807) is 16.9 Å². The van der Waals surface area contributed by atoms with E-state index in [2.05, 4.69) is 24.0 Å². The molecule has 0 aliphatic heterocycles. The van der Waals surface area contributed by atoms with Crippen molar-refractivity contribution < 1.29 is 9.42 Å². The lowest BCUT2D eigenvalue weighted by atomic mass is 10.2. The Hall–Kier alpha value is -1.98. The van der Waals surface area contributed by atoms with Crippen LogP contribution in [-0.4, -0.2) is 39.4 Å². The highest BCUT2D eigenvalue weighted by molar-refractivity contribution is 5.88. The van der Waals surface area contributed by atoms with Gasteiger partial charge in [-0.15, -0.1) is 9.83 Å². The molecule has 0 amide bonds. The van der Waals surface area contributed by atoms with E-state index in [1.165, 1.54) is 0 Å². The molecule has 0 bridgehead atoms. The Balaban J connectivity index is 2.76. The zero-order valence-corrected chi connectivity index (χ0v) is 10.5. The van der Waals surface area contributed by atoms with Gasteiger partial charge in [-0.25, -0.2) is 0 Å². The van der Waals surface area contributed by atoms with E-state index in [0.29, 0.717) is 10.5 Å². The van der Waals surface area contributed by atoms with Crippen LogP contribution in [0.3, 0.4) is 0 Å². The van der Waals surface area contributed by atoms with Gasteiger partial charge in [0, 0.05) is 0 Å². The Labute approximate surface area is 99.4 Å². The zero-order valence-electron chi connectivity index (χ0n) is 10.5. The van der Waals surface area contributed by atoms with E-state index in [4.69, 9.17) is 0 Å². The summed E-state index contributed by atoms with van der Waals surface area (Å²) in [4.78, 5) is 4.59. The molecule has 0 saturated carbocycles. The maximum Gasteiger partial charge on any atom is 0.333 e. The third-order valence-electron chi connectivity index (χ3n) is 2.54. The maximum atomic E-state index is 11.6. The van der Waals surface area contributed by atoms with Crippen molar-refractivity contribution in [1.29, 1.82) is 0 Å². The second kappa shape index (κ2) is 4.12. The minimum atomic E-state index is 0.258. The fourth-order valence-electron chi connectivity index (χ4n) is 1.99. The van der Waals surface area contributed by atoms with Crippen molar-refractivity contribution in [1.82, 2.24) is 14.9 Å². The summed E-state index contributed by atoms with van der Waals surface area (Å²) >= 11 is 0. The molecular weight excluding hydrogens is 218 g/mol. The van der Waals surface area contributed by atoms with E-state index in [1.807, 2.05) is 24.7 Å². The molecule has 0 N–H and O–H groups in total. The fraction of sp³-hybridized carbons (Fsp3) is 0.455. The summed E-state index contributed by atoms with van der Waals surface area (Å²) in [6.07, 6.45) is 1.59. The predicted octanol–water partition coefficient (Wildman–Crippen LogP) is 0.239. The van der Waals surface area contributed by atoms with Gasteiger partial charge >= 0.3 is 5.65 Å². The average Bonchev–Trinajstić information content (AvgIpc) is 2.56. The molecule has 0 radical (unpaired) electrons. The SMILES string of the molecule is CC(C)C(n1n[n+]([O-])c2ncccc21)=[N+](C)C. The lowest BCUT2D eigenvalue weighted by Crippen LogP contribution is -2.35. The topological polar surface area (TPSA) is 60.7 Å². The first-order valence-electron chi connectivity index (χ1n) is 5.50. The molecule has 2 aromatic heterocycles. The normalized spacial score (nSPS) is 11.1. The Morgan fingerprint density at radius 1 is 1.47 bits per heavy atom. The summed E-state index contributed by atoms with van der Waals surface area (Å²) in [7, 11) is 3.88. The molecule has 0 aliphatic rings. The van der Waals surface area contributed by atoms with Crippen molar-refractivity contribution in [2.45, 2.75) is 13.8 Å². The second-order valence-corrected chi connectivity index (χ2v) is 4.43. The van der Waals surface area contributed by atoms with Gasteiger partial charge in [0.25, 0.3) is 5.84 Å². The summed E-state index contributed by atoms with van der Waals surface area (Å²) in [5, 5.41) is 15.6. The Kier molecular flexibility index (Phi) is 2.79. The molecule has 0 aromatic carbocycles. The summed E-state index contributed by atoms with van der Waals surface area (Å²) in [6.45, 7) is 4.13. The number of rotatable bonds is 1. The number of hydrogen-bond acceptors (Lipinski definition) is 3. The number of nitrogens with zero attached hydrogens (tertiary/aromatic N) is 5. The van der Waals surface area contributed by atoms with Crippen LogP contribution in [0.2, 0.25) is 0 Å².